The van der Waals surface area contributed by atoms with Crippen LogP contribution in [0.5, 0.6) is 0 Å². The molecule has 6 heteroatoms. The predicted molar refractivity (Wildman–Crippen MR) is 145 cm³/mol. The van der Waals surface area contributed by atoms with E-state index in [2.05, 4.69) is 37.0 Å². The summed E-state index contributed by atoms with van der Waals surface area (Å²) in [6.07, 6.45) is 0. The third kappa shape index (κ3) is 3.51. The lowest BCUT2D eigenvalue weighted by molar-refractivity contribution is 0.0990. The van der Waals surface area contributed by atoms with Crippen molar-refractivity contribution in [1.29, 1.82) is 0 Å². The number of nitrogens with zero attached hydrogens (tertiary/aromatic N) is 1. The highest BCUT2D eigenvalue weighted by Gasteiger charge is 2.30. The van der Waals surface area contributed by atoms with Crippen molar-refractivity contribution in [2.75, 3.05) is 4.90 Å². The molecular weight excluding hydrogens is 465 g/mol. The molecule has 2 heterocycles. The fourth-order valence-electron chi connectivity index (χ4n) is 5.49. The number of anilines is 1. The van der Waals surface area contributed by atoms with E-state index >= 15 is 0 Å². The summed E-state index contributed by atoms with van der Waals surface area (Å²) < 4.78 is 13.8. The van der Waals surface area contributed by atoms with Gasteiger partial charge in [0.2, 0.25) is 0 Å². The molecule has 0 fully saturated rings. The van der Waals surface area contributed by atoms with Crippen molar-refractivity contribution < 1.29 is 14.0 Å². The summed E-state index contributed by atoms with van der Waals surface area (Å²) in [5, 5.41) is 1.92. The van der Waals surface area contributed by atoms with E-state index in [0.717, 1.165) is 44.2 Å². The van der Waals surface area contributed by atoms with E-state index in [1.54, 1.807) is 17.0 Å². The van der Waals surface area contributed by atoms with E-state index in [9.17, 15) is 14.0 Å². The zero-order valence-corrected chi connectivity index (χ0v) is 20.9. The van der Waals surface area contributed by atoms with Gasteiger partial charge < -0.3 is 15.6 Å². The first-order valence-corrected chi connectivity index (χ1v) is 12.3. The van der Waals surface area contributed by atoms with Crippen molar-refractivity contribution in [3.8, 4) is 11.1 Å². The van der Waals surface area contributed by atoms with Gasteiger partial charge in [0, 0.05) is 27.5 Å². The van der Waals surface area contributed by atoms with E-state index in [1.807, 2.05) is 31.2 Å². The van der Waals surface area contributed by atoms with Crippen LogP contribution in [0.1, 0.15) is 57.2 Å². The Morgan fingerprint density at radius 2 is 1.81 bits per heavy atom. The van der Waals surface area contributed by atoms with Crippen molar-refractivity contribution in [2.45, 2.75) is 33.2 Å². The first-order chi connectivity index (χ1) is 17.7. The van der Waals surface area contributed by atoms with Gasteiger partial charge in [-0.15, -0.1) is 0 Å². The lowest BCUT2D eigenvalue weighted by Crippen LogP contribution is -2.24. The highest BCUT2D eigenvalue weighted by Crippen LogP contribution is 2.41. The number of carbonyl (C=O) groups excluding carboxylic acids is 2. The Hall–Kier alpha value is -4.45. The van der Waals surface area contributed by atoms with Crippen LogP contribution < -0.4 is 10.6 Å². The average Bonchev–Trinajstić information content (AvgIpc) is 3.41. The molecule has 4 aromatic carbocycles. The Morgan fingerprint density at radius 1 is 1.00 bits per heavy atom. The lowest BCUT2D eigenvalue weighted by Gasteiger charge is -2.21. The smallest absolute Gasteiger partial charge is 0.259 e. The number of rotatable bonds is 4. The van der Waals surface area contributed by atoms with Crippen molar-refractivity contribution >= 4 is 39.3 Å². The molecular formula is C31H26FN3O2. The number of H-pyrrole nitrogens is 1. The number of aromatic amines is 1. The van der Waals surface area contributed by atoms with Gasteiger partial charge in [0.25, 0.3) is 11.8 Å². The molecule has 1 aliphatic heterocycles. The number of hydrogen-bond donors (Lipinski definition) is 2. The normalized spacial score (nSPS) is 13.2. The maximum atomic E-state index is 13.8. The number of amides is 2. The van der Waals surface area contributed by atoms with Gasteiger partial charge >= 0.3 is 0 Å². The molecule has 0 saturated carbocycles. The topological polar surface area (TPSA) is 79.2 Å². The van der Waals surface area contributed by atoms with Crippen LogP contribution in [0.4, 0.5) is 10.1 Å². The second kappa shape index (κ2) is 8.30. The van der Waals surface area contributed by atoms with Crippen LogP contribution in [-0.2, 0) is 6.54 Å². The second-order valence-corrected chi connectivity index (χ2v) is 10.0. The molecule has 6 rings (SSSR count). The summed E-state index contributed by atoms with van der Waals surface area (Å²) >= 11 is 0. The molecule has 0 radical (unpaired) electrons. The molecule has 5 nitrogen and oxygen atoms in total. The monoisotopic (exact) mass is 491 g/mol. The average molecular weight is 492 g/mol. The number of primary amides is 1. The van der Waals surface area contributed by atoms with Gasteiger partial charge in [0.15, 0.2) is 0 Å². The standard InChI is InChI=1S/C31H26FN3O2/c1-16(2)18-8-10-23-26(13-18)34-29-24(30(33)36)12-11-22(28(23)29)21-5-4-6-27(17(21)3)35-15-19-7-9-20(32)14-25(19)31(35)37/h4-14,16,34H,15H2,1-3H3,(H2,33,36). The lowest BCUT2D eigenvalue weighted by atomic mass is 9.92. The van der Waals surface area contributed by atoms with Crippen LogP contribution >= 0.6 is 0 Å². The Morgan fingerprint density at radius 3 is 2.57 bits per heavy atom. The molecule has 0 bridgehead atoms. The predicted octanol–water partition coefficient (Wildman–Crippen LogP) is 6.82. The third-order valence-corrected chi connectivity index (χ3v) is 7.47. The molecule has 2 amide bonds. The van der Waals surface area contributed by atoms with Crippen molar-refractivity contribution in [3.63, 3.8) is 0 Å². The van der Waals surface area contributed by atoms with Gasteiger partial charge in [-0.1, -0.05) is 50.2 Å². The maximum absolute atomic E-state index is 13.8. The first-order valence-electron chi connectivity index (χ1n) is 12.3. The molecule has 3 N–H and O–H groups in total. The van der Waals surface area contributed by atoms with Crippen LogP contribution in [0.3, 0.4) is 0 Å². The van der Waals surface area contributed by atoms with Crippen LogP contribution in [0.2, 0.25) is 0 Å². The highest BCUT2D eigenvalue weighted by atomic mass is 19.1. The van der Waals surface area contributed by atoms with Crippen molar-refractivity contribution in [1.82, 2.24) is 4.98 Å². The fourth-order valence-corrected chi connectivity index (χ4v) is 5.49. The number of nitrogens with one attached hydrogen (secondary N) is 1. The first kappa shape index (κ1) is 23.0. The number of hydrogen-bond acceptors (Lipinski definition) is 2. The summed E-state index contributed by atoms with van der Waals surface area (Å²) in [4.78, 5) is 30.7. The molecule has 5 aromatic rings. The minimum Gasteiger partial charge on any atom is -0.366 e. The third-order valence-electron chi connectivity index (χ3n) is 7.47. The zero-order chi connectivity index (χ0) is 26.0. The Balaban J connectivity index is 1.56. The molecule has 1 aromatic heterocycles. The molecule has 37 heavy (non-hydrogen) atoms. The number of halogens is 1. The van der Waals surface area contributed by atoms with E-state index < -0.39 is 11.7 Å². The number of carbonyl (C=O) groups is 2. The largest absolute Gasteiger partial charge is 0.366 e. The van der Waals surface area contributed by atoms with E-state index in [1.165, 1.54) is 17.7 Å². The van der Waals surface area contributed by atoms with Crippen molar-refractivity contribution in [2.24, 2.45) is 5.73 Å². The van der Waals surface area contributed by atoms with E-state index in [0.29, 0.717) is 29.1 Å². The van der Waals surface area contributed by atoms with Crippen LogP contribution in [0, 0.1) is 12.7 Å². The van der Waals surface area contributed by atoms with Gasteiger partial charge in [-0.25, -0.2) is 4.39 Å². The van der Waals surface area contributed by atoms with Crippen molar-refractivity contribution in [3.05, 3.63) is 100 Å². The minimum atomic E-state index is -0.495. The van der Waals surface area contributed by atoms with Gasteiger partial charge in [-0.2, -0.15) is 0 Å². The highest BCUT2D eigenvalue weighted by molar-refractivity contribution is 6.20. The molecule has 0 atom stereocenters. The Labute approximate surface area is 213 Å². The van der Waals surface area contributed by atoms with Crippen LogP contribution in [-0.4, -0.2) is 16.8 Å². The summed E-state index contributed by atoms with van der Waals surface area (Å²) in [7, 11) is 0. The van der Waals surface area contributed by atoms with Crippen LogP contribution in [0.15, 0.2) is 66.7 Å². The number of nitrogens with two attached hydrogens (primary N) is 1. The van der Waals surface area contributed by atoms with Gasteiger partial charge in [-0.05, 0) is 71.0 Å². The van der Waals surface area contributed by atoms with Gasteiger partial charge in [-0.3, -0.25) is 9.59 Å². The van der Waals surface area contributed by atoms with E-state index in [-0.39, 0.29) is 5.91 Å². The van der Waals surface area contributed by atoms with Gasteiger partial charge in [0.1, 0.15) is 5.82 Å². The quantitative estimate of drug-likeness (QED) is 0.289. The number of fused-ring (bicyclic) bond motifs is 4. The SMILES string of the molecule is Cc1c(-c2ccc(C(N)=O)c3[nH]c4cc(C(C)C)ccc4c23)cccc1N1Cc2ccc(F)cc2C1=O. The van der Waals surface area contributed by atoms with Crippen LogP contribution in [0.25, 0.3) is 32.9 Å². The molecule has 0 aliphatic carbocycles. The maximum Gasteiger partial charge on any atom is 0.259 e. The Kier molecular flexibility index (Phi) is 5.16. The van der Waals surface area contributed by atoms with Gasteiger partial charge in [0.05, 0.1) is 17.6 Å². The summed E-state index contributed by atoms with van der Waals surface area (Å²) in [5.41, 5.74) is 13.8. The summed E-state index contributed by atoms with van der Waals surface area (Å²) in [6, 6.07) is 20.2. The zero-order valence-electron chi connectivity index (χ0n) is 20.9. The molecule has 0 saturated heterocycles. The summed E-state index contributed by atoms with van der Waals surface area (Å²) in [5.74, 6) is -0.765. The number of benzene rings is 4. The minimum absolute atomic E-state index is 0.211. The summed E-state index contributed by atoms with van der Waals surface area (Å²) in [6.45, 7) is 6.66. The fraction of sp³-hybridized carbons (Fsp3) is 0.161. The Bertz CT molecular complexity index is 1770. The molecule has 184 valence electrons. The molecule has 1 aliphatic rings. The molecule has 0 unspecified atom stereocenters. The number of aromatic nitrogens is 1. The second-order valence-electron chi connectivity index (χ2n) is 10.0. The van der Waals surface area contributed by atoms with E-state index in [4.69, 9.17) is 5.73 Å². The molecule has 0 spiro atoms.